The molecule has 0 bridgehead atoms. The molecule has 0 saturated carbocycles. The quantitative estimate of drug-likeness (QED) is 0.506. The van der Waals surface area contributed by atoms with E-state index >= 15 is 0 Å². The Kier molecular flexibility index (Phi) is 2.85. The van der Waals surface area contributed by atoms with Crippen LogP contribution in [0.1, 0.15) is 18.9 Å². The highest BCUT2D eigenvalue weighted by atomic mass is 16.5. The molecule has 0 aromatic carbocycles. The molecule has 0 atom stereocenters. The van der Waals surface area contributed by atoms with Crippen LogP contribution in [-0.4, -0.2) is 38.8 Å². The van der Waals surface area contributed by atoms with E-state index in [1.807, 2.05) is 0 Å². The Morgan fingerprint density at radius 2 is 2.15 bits per heavy atom. The van der Waals surface area contributed by atoms with Crippen LogP contribution in [0, 0.1) is 0 Å². The number of carbonyl (C=O) groups excluding carboxylic acids is 1. The smallest absolute Gasteiger partial charge is 0.414 e. The third-order valence-corrected chi connectivity index (χ3v) is 3.74. The van der Waals surface area contributed by atoms with Crippen molar-refractivity contribution < 1.29 is 19.8 Å². The molecule has 1 saturated heterocycles. The Morgan fingerprint density at radius 1 is 1.45 bits per heavy atom. The summed E-state index contributed by atoms with van der Waals surface area (Å²) < 4.78 is 2.44. The van der Waals surface area contributed by atoms with E-state index in [1.54, 1.807) is 16.7 Å². The first-order valence-corrected chi connectivity index (χ1v) is 6.38. The number of nitrogens with zero attached hydrogens (tertiary/aromatic N) is 3. The second kappa shape index (κ2) is 4.55. The molecule has 1 aliphatic rings. The number of hydrogen-bond acceptors (Lipinski definition) is 4. The van der Waals surface area contributed by atoms with Crippen molar-refractivity contribution in [1.29, 1.82) is 0 Å². The van der Waals surface area contributed by atoms with Gasteiger partial charge >= 0.3 is 11.3 Å². The summed E-state index contributed by atoms with van der Waals surface area (Å²) in [4.78, 5) is 26.7. The third kappa shape index (κ3) is 1.89. The van der Waals surface area contributed by atoms with E-state index in [1.165, 1.54) is 11.1 Å². The fourth-order valence-electron chi connectivity index (χ4n) is 2.74. The second-order valence-corrected chi connectivity index (χ2v) is 4.87. The van der Waals surface area contributed by atoms with Gasteiger partial charge < -0.3 is 20.0 Å². The summed E-state index contributed by atoms with van der Waals surface area (Å²) in [7, 11) is 0. The molecular formula is C12H14N4O4. The van der Waals surface area contributed by atoms with E-state index < -0.39 is 6.09 Å². The fraction of sp³-hybridized carbons (Fsp3) is 0.417. The first kappa shape index (κ1) is 12.5. The molecule has 1 fully saturated rings. The molecule has 3 rings (SSSR count). The molecule has 0 aliphatic carbocycles. The molecule has 0 radical (unpaired) electrons. The minimum Gasteiger partial charge on any atom is -0.530 e. The van der Waals surface area contributed by atoms with Gasteiger partial charge in [-0.05, 0) is 29.7 Å². The van der Waals surface area contributed by atoms with Crippen LogP contribution in [0.4, 0.5) is 4.79 Å². The van der Waals surface area contributed by atoms with Gasteiger partial charge in [0, 0.05) is 19.1 Å². The maximum Gasteiger partial charge on any atom is 0.414 e. The van der Waals surface area contributed by atoms with Crippen molar-refractivity contribution in [2.24, 2.45) is 0 Å². The molecule has 2 aromatic rings. The number of nitrogens with one attached hydrogen (secondary N) is 1. The number of likely N-dealkylation sites (tertiary alicyclic amines) is 1. The van der Waals surface area contributed by atoms with Gasteiger partial charge in [-0.15, -0.1) is 0 Å². The minimum absolute atomic E-state index is 0.0887. The Hall–Kier alpha value is -2.51. The van der Waals surface area contributed by atoms with E-state index in [-0.39, 0.29) is 11.7 Å². The van der Waals surface area contributed by atoms with Gasteiger partial charge in [0.1, 0.15) is 17.8 Å². The number of carbonyl (C=O) groups is 1. The number of pyridine rings is 1. The van der Waals surface area contributed by atoms with Gasteiger partial charge in [-0.3, -0.25) is 4.57 Å². The van der Waals surface area contributed by atoms with E-state index in [9.17, 15) is 19.9 Å². The maximum atomic E-state index is 12.0. The van der Waals surface area contributed by atoms with Gasteiger partial charge in [-0.25, -0.2) is 4.79 Å². The molecule has 2 N–H and O–H groups in total. The Bertz CT molecular complexity index is 712. The second-order valence-electron chi connectivity index (χ2n) is 4.87. The summed E-state index contributed by atoms with van der Waals surface area (Å²) in [5.41, 5.74) is 0.632. The Balaban J connectivity index is 1.96. The Labute approximate surface area is 113 Å². The first-order valence-electron chi connectivity index (χ1n) is 6.38. The molecule has 1 amide bonds. The van der Waals surface area contributed by atoms with Crippen LogP contribution < -0.4 is 15.5 Å². The van der Waals surface area contributed by atoms with Crippen molar-refractivity contribution >= 4 is 17.3 Å². The number of H-pyrrole nitrogens is 1. The summed E-state index contributed by atoms with van der Waals surface area (Å²) >= 11 is 0. The van der Waals surface area contributed by atoms with E-state index in [0.717, 1.165) is 4.73 Å². The highest BCUT2D eigenvalue weighted by Crippen LogP contribution is 2.23. The molecule has 1 aliphatic heterocycles. The highest BCUT2D eigenvalue weighted by molar-refractivity contribution is 5.67. The van der Waals surface area contributed by atoms with Crippen LogP contribution in [-0.2, 0) is 0 Å². The number of fused-ring (bicyclic) bond motifs is 1. The van der Waals surface area contributed by atoms with Crippen molar-refractivity contribution in [2.75, 3.05) is 13.1 Å². The van der Waals surface area contributed by atoms with Crippen molar-refractivity contribution in [1.82, 2.24) is 14.5 Å². The first-order chi connectivity index (χ1) is 9.58. The standard InChI is InChI=1S/C12H14N4O4/c17-11-13-10-9(2-1-5-15(10)20)16(11)8-3-6-14(7-4-8)12(18)19/h1-2,5,8,20H,3-4,6-7H2,(H,18,19). The molecule has 20 heavy (non-hydrogen) atoms. The van der Waals surface area contributed by atoms with Crippen LogP contribution in [0.25, 0.3) is 11.2 Å². The topological polar surface area (TPSA) is 105 Å². The number of hydrogen-bond donors (Lipinski definition) is 2. The van der Waals surface area contributed by atoms with Crippen molar-refractivity contribution in [3.63, 3.8) is 0 Å². The molecular weight excluding hydrogens is 264 g/mol. The van der Waals surface area contributed by atoms with E-state index in [0.29, 0.717) is 37.1 Å². The monoisotopic (exact) mass is 278 g/mol. The number of aromatic amines is 1. The molecule has 8 heteroatoms. The van der Waals surface area contributed by atoms with Crippen molar-refractivity contribution in [3.8, 4) is 0 Å². The molecule has 3 heterocycles. The maximum absolute atomic E-state index is 12.0. The fourth-order valence-corrected chi connectivity index (χ4v) is 2.74. The SMILES string of the molecule is O=C([O-])N1CCC(n2c(=O)[nH]c3c2ccc[n+]3O)CC1. The van der Waals surface area contributed by atoms with E-state index in [4.69, 9.17) is 0 Å². The summed E-state index contributed by atoms with van der Waals surface area (Å²) in [6, 6.07) is 3.29. The van der Waals surface area contributed by atoms with Gasteiger partial charge in [0.2, 0.25) is 0 Å². The number of rotatable bonds is 1. The van der Waals surface area contributed by atoms with E-state index in [2.05, 4.69) is 4.98 Å². The third-order valence-electron chi connectivity index (χ3n) is 3.74. The summed E-state index contributed by atoms with van der Waals surface area (Å²) in [6.45, 7) is 0.691. The largest absolute Gasteiger partial charge is 0.530 e. The lowest BCUT2D eigenvalue weighted by molar-refractivity contribution is -0.885. The predicted octanol–water partition coefficient (Wildman–Crippen LogP) is -1.17. The predicted molar refractivity (Wildman–Crippen MR) is 65.2 cm³/mol. The van der Waals surface area contributed by atoms with Gasteiger partial charge in [0.25, 0.3) is 0 Å². The zero-order valence-corrected chi connectivity index (χ0v) is 10.7. The summed E-state index contributed by atoms with van der Waals surface area (Å²) in [6.07, 6.45) is 1.34. The summed E-state index contributed by atoms with van der Waals surface area (Å²) in [5.74, 6) is 0. The lowest BCUT2D eigenvalue weighted by Gasteiger charge is -2.33. The van der Waals surface area contributed by atoms with Crippen LogP contribution >= 0.6 is 0 Å². The van der Waals surface area contributed by atoms with Crippen LogP contribution in [0.3, 0.4) is 0 Å². The van der Waals surface area contributed by atoms with Gasteiger partial charge in [0.15, 0.2) is 0 Å². The summed E-state index contributed by atoms with van der Waals surface area (Å²) in [5, 5.41) is 20.4. The van der Waals surface area contributed by atoms with Crippen molar-refractivity contribution in [2.45, 2.75) is 18.9 Å². The average molecular weight is 278 g/mol. The van der Waals surface area contributed by atoms with Crippen LogP contribution in [0.15, 0.2) is 23.1 Å². The van der Waals surface area contributed by atoms with Gasteiger partial charge in [-0.1, -0.05) is 0 Å². The molecule has 2 aromatic heterocycles. The number of piperidine rings is 1. The normalized spacial score (nSPS) is 16.7. The molecule has 0 unspecified atom stereocenters. The Morgan fingerprint density at radius 3 is 2.80 bits per heavy atom. The lowest BCUT2D eigenvalue weighted by atomic mass is 10.1. The van der Waals surface area contributed by atoms with Gasteiger partial charge in [0.05, 0.1) is 0 Å². The number of amides is 1. The molecule has 0 spiro atoms. The zero-order chi connectivity index (χ0) is 14.3. The van der Waals surface area contributed by atoms with Crippen molar-refractivity contribution in [3.05, 3.63) is 28.8 Å². The number of aromatic nitrogens is 3. The van der Waals surface area contributed by atoms with Gasteiger partial charge in [-0.2, -0.15) is 4.98 Å². The number of imidazole rings is 1. The van der Waals surface area contributed by atoms with Crippen LogP contribution in [0.2, 0.25) is 0 Å². The molecule has 8 nitrogen and oxygen atoms in total. The number of carboxylic acid groups (broad SMARTS) is 1. The highest BCUT2D eigenvalue weighted by Gasteiger charge is 2.26. The lowest BCUT2D eigenvalue weighted by Crippen LogP contribution is -2.46. The van der Waals surface area contributed by atoms with Crippen LogP contribution in [0.5, 0.6) is 0 Å². The average Bonchev–Trinajstić information content (AvgIpc) is 2.77. The zero-order valence-electron chi connectivity index (χ0n) is 10.7. The molecule has 106 valence electrons. The minimum atomic E-state index is -1.18.